The Kier molecular flexibility index (Phi) is 29.6. The summed E-state index contributed by atoms with van der Waals surface area (Å²) in [4.78, 5) is 84.1. The number of H-pyrrole nitrogens is 5. The molecular formula is C104H143ClMgN16O11Si3. The second-order valence-corrected chi connectivity index (χ2v) is 61.9. The number of amides is 4. The fourth-order valence-corrected chi connectivity index (χ4v) is 22.7. The summed E-state index contributed by atoms with van der Waals surface area (Å²) >= 11 is 0. The zero-order valence-corrected chi connectivity index (χ0v) is 88.9. The van der Waals surface area contributed by atoms with Gasteiger partial charge in [-0.25, -0.2) is 14.0 Å². The number of halogens is 1. The number of hydrogen-bond acceptors (Lipinski definition) is 15. The molecular weight excluding hydrogens is 1790 g/mol. The number of aromatic amines is 5. The maximum Gasteiger partial charge on any atom is 2.00 e. The van der Waals surface area contributed by atoms with E-state index < -0.39 is 63.1 Å². The van der Waals surface area contributed by atoms with E-state index in [0.717, 1.165) is 244 Å². The molecule has 4 aromatic carbocycles. The molecule has 32 heteroatoms. The number of anilines is 4. The summed E-state index contributed by atoms with van der Waals surface area (Å²) < 4.78 is 28.8. The van der Waals surface area contributed by atoms with Crippen molar-refractivity contribution >= 4 is 143 Å². The quantitative estimate of drug-likeness (QED) is 0.0135. The van der Waals surface area contributed by atoms with Gasteiger partial charge in [0.25, 0.3) is 0 Å². The number of ether oxygens (including phenoxy) is 4. The third kappa shape index (κ3) is 20.4. The average molecular weight is 1940 g/mol. The molecule has 20 rings (SSSR count). The van der Waals surface area contributed by atoms with Crippen molar-refractivity contribution in [1.29, 1.82) is 0 Å². The summed E-state index contributed by atoms with van der Waals surface area (Å²) in [6, 6.07) is 20.4. The predicted octanol–water partition coefficient (Wildman–Crippen LogP) is 16.5. The molecule has 4 aliphatic carbocycles. The molecule has 12 heterocycles. The topological polar surface area (TPSA) is 330 Å². The van der Waals surface area contributed by atoms with Crippen molar-refractivity contribution in [3.8, 4) is 45.6 Å². The van der Waals surface area contributed by atoms with E-state index in [9.17, 15) is 34.2 Å². The van der Waals surface area contributed by atoms with Gasteiger partial charge in [0.15, 0.2) is 0 Å². The van der Waals surface area contributed by atoms with E-state index in [4.69, 9.17) is 34.2 Å². The van der Waals surface area contributed by atoms with Crippen molar-refractivity contribution in [3.63, 3.8) is 0 Å². The SMILES string of the molecule is C.CC(C)(O)CN1C(=O)C(C)(C)c2cc3[nH]c4c(c3cc21)CCCc1cn(COCC[Si](C)(C)C)nc1-4.CC(C)(O)CN1C(=O)C(C)(C)c2cc3[nH]c4c(c3cc21)CCCc1cn[nH]c1-4.CC1(C)C(=O)Nc2cc3c4c([nH]c3cc21)-c1nn(COCC[Si](C)(C)C)cc1CCC4.CCOC(=O)CN1C(=O)C(C)(C)c2cc3[nH]c4c(c3cc21)CCCc1cn(COCC[Si](C)(C)C)nc1-4.[CH3-].[Cl-].[Mg+2]. The van der Waals surface area contributed by atoms with Crippen LogP contribution >= 0.6 is 0 Å². The standard InChI is InChI=1S/C28H38N4O4Si.C28H40N4O3Si.C24H32N4O2Si.C22H26N4O2.CH4.CH3.ClH.Mg/c1-7-36-24(33)16-32-23-13-20-19-10-8-9-18-15-31(17-35-11-12-37(4,5)6)30-25(18)26(19)29-22(20)14-21(23)28(2,3)27(32)34;1-27(2,34)16-32-23-13-20-19-10-8-9-18-15-31(17-35-11-12-36(5,6)7)30-24(18)25(19)29-22(20)14-21(23)28(3,4)26(32)33;1-24(2)18-12-19-17(11-20(18)26-23(24)29)16-8-6-7-15-13-28(27-21(15)22(16)25-19)14-30-9-10-31(3,4)5;1-21(2,28)11-26-17-8-14-13-7-5-6-12-10-23-25-18(12)19(13)24-16(14)9-15(17)22(3,4)20(26)27;;;;/h13-15,29H,7-12,16-17H2,1-6H3;13-15,29,34H,8-12,16-17H2,1-7H3;11-13,25H,6-10,14H2,1-5H3,(H,26,29);8-10,24,28H,5-7,11H2,1-4H3,(H,23,25);1H4;1H3;1H;/q;;;;;-1;;+2/p-1. The normalized spacial score (nSPS) is 16.8. The maximum absolute atomic E-state index is 13.3. The van der Waals surface area contributed by atoms with Crippen LogP contribution in [0.3, 0.4) is 0 Å². The zero-order valence-electron chi connectivity index (χ0n) is 83.7. The van der Waals surface area contributed by atoms with Gasteiger partial charge in [-0.15, -0.1) is 0 Å². The Labute approximate surface area is 826 Å². The second kappa shape index (κ2) is 38.7. The molecule has 0 fully saturated rings. The smallest absolute Gasteiger partial charge is 1.00 e. The molecule has 0 unspecified atom stereocenters. The Bertz CT molecular complexity index is 6560. The molecule has 4 amide bonds. The molecule has 0 atom stereocenters. The number of nitrogens with one attached hydrogen (secondary N) is 6. The van der Waals surface area contributed by atoms with Crippen LogP contribution in [0.4, 0.5) is 22.7 Å². The van der Waals surface area contributed by atoms with Crippen LogP contribution < -0.4 is 32.4 Å². The molecule has 4 aliphatic heterocycles. The molecule has 0 radical (unpaired) electrons. The number of benzene rings is 4. The van der Waals surface area contributed by atoms with Crippen LogP contribution in [-0.4, -0.2) is 204 Å². The fourth-order valence-electron chi connectivity index (χ4n) is 20.4. The van der Waals surface area contributed by atoms with Gasteiger partial charge in [-0.1, -0.05) is 66.3 Å². The summed E-state index contributed by atoms with van der Waals surface area (Å²) in [6.07, 6.45) is 20.4. The molecule has 726 valence electrons. The van der Waals surface area contributed by atoms with Crippen molar-refractivity contribution in [1.82, 2.24) is 59.5 Å². The number of nitrogens with zero attached hydrogens (tertiary/aromatic N) is 10. The van der Waals surface area contributed by atoms with Crippen molar-refractivity contribution < 1.29 is 65.5 Å². The molecule has 0 saturated heterocycles. The summed E-state index contributed by atoms with van der Waals surface area (Å²) in [5.74, 6) is -0.330. The van der Waals surface area contributed by atoms with Gasteiger partial charge in [0, 0.05) is 129 Å². The maximum atomic E-state index is 13.3. The van der Waals surface area contributed by atoms with Crippen LogP contribution in [-0.2, 0) is 136 Å². The average Bonchev–Trinajstić information content (AvgIpc) is 1.58. The van der Waals surface area contributed by atoms with Gasteiger partial charge in [0.05, 0.1) is 87.2 Å². The van der Waals surface area contributed by atoms with E-state index in [-0.39, 0.29) is 93.6 Å². The van der Waals surface area contributed by atoms with Gasteiger partial charge in [-0.3, -0.25) is 29.1 Å². The summed E-state index contributed by atoms with van der Waals surface area (Å²) in [5, 5.41) is 50.7. The molecule has 8 aromatic heterocycles. The minimum Gasteiger partial charge on any atom is -1.00 e. The summed E-state index contributed by atoms with van der Waals surface area (Å²) in [5.41, 5.74) is 25.9. The second-order valence-electron chi connectivity index (χ2n) is 45.0. The number of esters is 1. The fraction of sp³-hybridized carbons (Fsp3) is 0.519. The third-order valence-corrected chi connectivity index (χ3v) is 33.0. The van der Waals surface area contributed by atoms with Crippen molar-refractivity contribution in [2.24, 2.45) is 0 Å². The predicted molar refractivity (Wildman–Crippen MR) is 551 cm³/mol. The van der Waals surface area contributed by atoms with Crippen LogP contribution in [0.25, 0.3) is 89.2 Å². The Hall–Kier alpha value is -9.26. The Morgan fingerprint density at radius 2 is 0.772 bits per heavy atom. The zero-order chi connectivity index (χ0) is 94.4. The molecule has 0 spiro atoms. The van der Waals surface area contributed by atoms with Crippen molar-refractivity contribution in [3.05, 3.63) is 148 Å². The van der Waals surface area contributed by atoms with Gasteiger partial charge < -0.3 is 88.9 Å². The van der Waals surface area contributed by atoms with Crippen LogP contribution in [0.5, 0.6) is 0 Å². The van der Waals surface area contributed by atoms with Crippen LogP contribution in [0.15, 0.2) is 73.3 Å². The number of aliphatic hydroxyl groups is 2. The van der Waals surface area contributed by atoms with E-state index in [1.165, 1.54) is 49.9 Å². The third-order valence-electron chi connectivity index (χ3n) is 27.9. The molecule has 8 N–H and O–H groups in total. The van der Waals surface area contributed by atoms with E-state index in [1.54, 1.807) is 49.3 Å². The van der Waals surface area contributed by atoms with Crippen LogP contribution in [0, 0.1) is 7.43 Å². The Balaban J connectivity index is 0.000000153. The first-order valence-electron chi connectivity index (χ1n) is 47.6. The largest absolute Gasteiger partial charge is 2.00 e. The van der Waals surface area contributed by atoms with Gasteiger partial charge >= 0.3 is 29.0 Å². The van der Waals surface area contributed by atoms with E-state index >= 15 is 0 Å². The van der Waals surface area contributed by atoms with Crippen molar-refractivity contribution in [2.45, 2.75) is 305 Å². The first-order chi connectivity index (χ1) is 62.0. The van der Waals surface area contributed by atoms with Crippen molar-refractivity contribution in [2.75, 3.05) is 66.1 Å². The molecule has 12 aromatic rings. The van der Waals surface area contributed by atoms with E-state index in [2.05, 4.69) is 161 Å². The van der Waals surface area contributed by atoms with Gasteiger partial charge in [0.1, 0.15) is 43.8 Å². The van der Waals surface area contributed by atoms with Crippen LogP contribution in [0.2, 0.25) is 77.1 Å². The Morgan fingerprint density at radius 1 is 0.449 bits per heavy atom. The summed E-state index contributed by atoms with van der Waals surface area (Å²) in [7, 11) is -3.33. The number of fused-ring (bicyclic) bond motifs is 24. The van der Waals surface area contributed by atoms with Gasteiger partial charge in [-0.2, -0.15) is 20.4 Å². The first kappa shape index (κ1) is 104. The number of carbonyl (C=O) groups is 5. The van der Waals surface area contributed by atoms with Gasteiger partial charge in [-0.05, 0) is 300 Å². The summed E-state index contributed by atoms with van der Waals surface area (Å²) in [6.45, 7) is 50.2. The Morgan fingerprint density at radius 3 is 1.12 bits per heavy atom. The number of aryl methyl sites for hydroxylation is 8. The number of rotatable bonds is 22. The molecule has 136 heavy (non-hydrogen) atoms. The van der Waals surface area contributed by atoms with E-state index in [0.29, 0.717) is 26.8 Å². The van der Waals surface area contributed by atoms with Crippen LogP contribution in [0.1, 0.15) is 190 Å². The number of hydrogen-bond donors (Lipinski definition) is 8. The minimum absolute atomic E-state index is 0. The first-order valence-corrected chi connectivity index (χ1v) is 58.8. The molecule has 27 nitrogen and oxygen atoms in total. The molecule has 0 bridgehead atoms. The monoisotopic (exact) mass is 1930 g/mol. The van der Waals surface area contributed by atoms with Gasteiger partial charge in [0.2, 0.25) is 23.6 Å². The number of β-amino-alcohol motifs (C(OH)–C–C–N with tert-alkyl or cyclic N) is 2. The molecule has 0 saturated carbocycles. The molecule has 8 aliphatic rings. The van der Waals surface area contributed by atoms with E-state index in [1.807, 2.05) is 75.6 Å². The minimum atomic E-state index is -1.13. The number of carbonyl (C=O) groups excluding carboxylic acids is 5. The number of aromatic nitrogens is 12.